The van der Waals surface area contributed by atoms with E-state index in [9.17, 15) is 4.79 Å². The van der Waals surface area contributed by atoms with Gasteiger partial charge in [-0.05, 0) is 38.1 Å². The minimum Gasteiger partial charge on any atom is -0.497 e. The maximum absolute atomic E-state index is 12.3. The summed E-state index contributed by atoms with van der Waals surface area (Å²) in [7, 11) is 1.62. The van der Waals surface area contributed by atoms with Crippen molar-refractivity contribution in [1.82, 2.24) is 5.32 Å². The molecule has 1 fully saturated rings. The van der Waals surface area contributed by atoms with Crippen LogP contribution in [0.25, 0.3) is 0 Å². The van der Waals surface area contributed by atoms with Crippen molar-refractivity contribution in [3.8, 4) is 5.75 Å². The molecule has 18 heavy (non-hydrogen) atoms. The number of rotatable bonds is 3. The van der Waals surface area contributed by atoms with Crippen molar-refractivity contribution in [3.05, 3.63) is 24.3 Å². The molecule has 1 aliphatic rings. The number of amides is 1. The molecule has 1 heterocycles. The number of benzene rings is 1. The highest BCUT2D eigenvalue weighted by Gasteiger charge is 2.34. The van der Waals surface area contributed by atoms with Crippen molar-refractivity contribution >= 4 is 11.6 Å². The Morgan fingerprint density at radius 1 is 1.39 bits per heavy atom. The largest absolute Gasteiger partial charge is 0.497 e. The summed E-state index contributed by atoms with van der Waals surface area (Å²) in [5.74, 6) is 0.848. The molecule has 1 aliphatic heterocycles. The van der Waals surface area contributed by atoms with Gasteiger partial charge in [-0.25, -0.2) is 0 Å². The Bertz CT molecular complexity index is 426. The quantitative estimate of drug-likeness (QED) is 0.860. The van der Waals surface area contributed by atoms with Gasteiger partial charge >= 0.3 is 0 Å². The van der Waals surface area contributed by atoms with Crippen LogP contribution in [-0.4, -0.2) is 26.1 Å². The van der Waals surface area contributed by atoms with E-state index in [2.05, 4.69) is 10.6 Å². The molecule has 0 aliphatic carbocycles. The molecule has 1 saturated heterocycles. The second-order valence-electron chi connectivity index (χ2n) is 5.00. The Balaban J connectivity index is 2.05. The van der Waals surface area contributed by atoms with E-state index in [1.54, 1.807) is 7.11 Å². The molecular weight excluding hydrogens is 228 g/mol. The molecule has 0 atom stereocenters. The van der Waals surface area contributed by atoms with Gasteiger partial charge in [0.2, 0.25) is 5.91 Å². The summed E-state index contributed by atoms with van der Waals surface area (Å²) in [6.45, 7) is 3.84. The first-order chi connectivity index (χ1) is 8.64. The van der Waals surface area contributed by atoms with Gasteiger partial charge in [0.25, 0.3) is 0 Å². The molecule has 4 nitrogen and oxygen atoms in total. The fourth-order valence-corrected chi connectivity index (χ4v) is 2.19. The van der Waals surface area contributed by atoms with E-state index in [0.29, 0.717) is 0 Å². The van der Waals surface area contributed by atoms with Gasteiger partial charge in [-0.1, -0.05) is 13.0 Å². The standard InChI is InChI=1S/C14H20N2O2/c1-14(6-8-15-9-7-14)13(17)16-11-4-3-5-12(10-11)18-2/h3-5,10,15H,6-9H2,1-2H3,(H,16,17). The van der Waals surface area contributed by atoms with E-state index >= 15 is 0 Å². The number of carbonyl (C=O) groups is 1. The zero-order valence-corrected chi connectivity index (χ0v) is 11.0. The lowest BCUT2D eigenvalue weighted by molar-refractivity contribution is -0.126. The van der Waals surface area contributed by atoms with E-state index < -0.39 is 0 Å². The van der Waals surface area contributed by atoms with Gasteiger partial charge in [-0.2, -0.15) is 0 Å². The van der Waals surface area contributed by atoms with Crippen molar-refractivity contribution < 1.29 is 9.53 Å². The molecule has 1 amide bonds. The number of methoxy groups -OCH3 is 1. The number of anilines is 1. The van der Waals surface area contributed by atoms with Crippen LogP contribution in [-0.2, 0) is 4.79 Å². The SMILES string of the molecule is COc1cccc(NC(=O)C2(C)CCNCC2)c1. The van der Waals surface area contributed by atoms with Crippen molar-refractivity contribution in [1.29, 1.82) is 0 Å². The number of piperidine rings is 1. The fraction of sp³-hybridized carbons (Fsp3) is 0.500. The maximum atomic E-state index is 12.3. The molecule has 0 unspecified atom stereocenters. The Hall–Kier alpha value is -1.55. The van der Waals surface area contributed by atoms with Crippen molar-refractivity contribution in [2.24, 2.45) is 5.41 Å². The first-order valence-electron chi connectivity index (χ1n) is 6.30. The molecular formula is C14H20N2O2. The topological polar surface area (TPSA) is 50.4 Å². The van der Waals surface area contributed by atoms with Gasteiger partial charge in [0, 0.05) is 17.2 Å². The summed E-state index contributed by atoms with van der Waals surface area (Å²) in [6, 6.07) is 7.45. The van der Waals surface area contributed by atoms with Gasteiger partial charge in [0.15, 0.2) is 0 Å². The van der Waals surface area contributed by atoms with Crippen LogP contribution in [0.1, 0.15) is 19.8 Å². The molecule has 0 saturated carbocycles. The third-order valence-corrected chi connectivity index (χ3v) is 3.58. The molecule has 98 valence electrons. The summed E-state index contributed by atoms with van der Waals surface area (Å²) in [6.07, 6.45) is 1.76. The molecule has 0 bridgehead atoms. The molecule has 4 heteroatoms. The summed E-state index contributed by atoms with van der Waals surface area (Å²) >= 11 is 0. The van der Waals surface area contributed by atoms with Crippen LogP contribution in [0, 0.1) is 5.41 Å². The predicted molar refractivity (Wildman–Crippen MR) is 71.8 cm³/mol. The van der Waals surface area contributed by atoms with E-state index in [0.717, 1.165) is 37.4 Å². The van der Waals surface area contributed by atoms with E-state index in [1.807, 2.05) is 31.2 Å². The van der Waals surface area contributed by atoms with Crippen molar-refractivity contribution in [2.45, 2.75) is 19.8 Å². The zero-order chi connectivity index (χ0) is 13.0. The lowest BCUT2D eigenvalue weighted by Crippen LogP contribution is -2.42. The number of nitrogens with one attached hydrogen (secondary N) is 2. The molecule has 1 aromatic carbocycles. The lowest BCUT2D eigenvalue weighted by atomic mass is 9.80. The lowest BCUT2D eigenvalue weighted by Gasteiger charge is -2.32. The average Bonchev–Trinajstić information content (AvgIpc) is 2.40. The summed E-state index contributed by atoms with van der Waals surface area (Å²) in [5.41, 5.74) is 0.521. The van der Waals surface area contributed by atoms with Gasteiger partial charge in [0.1, 0.15) is 5.75 Å². The predicted octanol–water partition coefficient (Wildman–Crippen LogP) is 2.02. The van der Waals surface area contributed by atoms with E-state index in [-0.39, 0.29) is 11.3 Å². The molecule has 0 radical (unpaired) electrons. The van der Waals surface area contributed by atoms with Gasteiger partial charge in [0.05, 0.1) is 7.11 Å². The van der Waals surface area contributed by atoms with Crippen LogP contribution in [0.2, 0.25) is 0 Å². The molecule has 2 rings (SSSR count). The third-order valence-electron chi connectivity index (χ3n) is 3.58. The second-order valence-corrected chi connectivity index (χ2v) is 5.00. The highest BCUT2D eigenvalue weighted by atomic mass is 16.5. The van der Waals surface area contributed by atoms with Crippen LogP contribution in [0.15, 0.2) is 24.3 Å². The Kier molecular flexibility index (Phi) is 3.87. The molecule has 2 N–H and O–H groups in total. The highest BCUT2D eigenvalue weighted by molar-refractivity contribution is 5.95. The van der Waals surface area contributed by atoms with Crippen LogP contribution in [0.4, 0.5) is 5.69 Å². The minimum atomic E-state index is -0.270. The third kappa shape index (κ3) is 2.82. The first-order valence-corrected chi connectivity index (χ1v) is 6.30. The summed E-state index contributed by atoms with van der Waals surface area (Å²) in [5, 5.41) is 6.26. The second kappa shape index (κ2) is 5.40. The number of hydrogen-bond acceptors (Lipinski definition) is 3. The van der Waals surface area contributed by atoms with Gasteiger partial charge in [-0.15, -0.1) is 0 Å². The van der Waals surface area contributed by atoms with E-state index in [4.69, 9.17) is 4.74 Å². The molecule has 0 aromatic heterocycles. The van der Waals surface area contributed by atoms with Crippen LogP contribution in [0.3, 0.4) is 0 Å². The number of hydrogen-bond donors (Lipinski definition) is 2. The number of ether oxygens (including phenoxy) is 1. The zero-order valence-electron chi connectivity index (χ0n) is 11.0. The summed E-state index contributed by atoms with van der Waals surface area (Å²) in [4.78, 5) is 12.3. The first kappa shape index (κ1) is 12.9. The monoisotopic (exact) mass is 248 g/mol. The maximum Gasteiger partial charge on any atom is 0.230 e. The number of carbonyl (C=O) groups excluding carboxylic acids is 1. The Morgan fingerprint density at radius 3 is 2.78 bits per heavy atom. The minimum absolute atomic E-state index is 0.0947. The van der Waals surface area contributed by atoms with Crippen molar-refractivity contribution in [3.63, 3.8) is 0 Å². The normalized spacial score (nSPS) is 18.1. The van der Waals surface area contributed by atoms with Gasteiger partial charge < -0.3 is 15.4 Å². The Labute approximate surface area is 108 Å². The van der Waals surface area contributed by atoms with Crippen LogP contribution in [0.5, 0.6) is 5.75 Å². The molecule has 1 aromatic rings. The Morgan fingerprint density at radius 2 is 2.11 bits per heavy atom. The smallest absolute Gasteiger partial charge is 0.230 e. The highest BCUT2D eigenvalue weighted by Crippen LogP contribution is 2.30. The van der Waals surface area contributed by atoms with Gasteiger partial charge in [-0.3, -0.25) is 4.79 Å². The average molecular weight is 248 g/mol. The summed E-state index contributed by atoms with van der Waals surface area (Å²) < 4.78 is 5.15. The fourth-order valence-electron chi connectivity index (χ4n) is 2.19. The van der Waals surface area contributed by atoms with E-state index in [1.165, 1.54) is 0 Å². The van der Waals surface area contributed by atoms with Crippen LogP contribution < -0.4 is 15.4 Å². The molecule has 0 spiro atoms. The van der Waals surface area contributed by atoms with Crippen LogP contribution >= 0.6 is 0 Å². The van der Waals surface area contributed by atoms with Crippen molar-refractivity contribution in [2.75, 3.05) is 25.5 Å².